The molecule has 4 aromatic rings. The van der Waals surface area contributed by atoms with E-state index < -0.39 is 0 Å². The highest BCUT2D eigenvalue weighted by molar-refractivity contribution is 9.10. The second kappa shape index (κ2) is 8.05. The molecular weight excluding hydrogens is 444 g/mol. The monoisotopic (exact) mass is 458 g/mol. The van der Waals surface area contributed by atoms with Crippen LogP contribution in [-0.4, -0.2) is 37.6 Å². The number of carbonyl (C=O) groups excluding carboxylic acids is 1. The third kappa shape index (κ3) is 3.75. The number of aromatic nitrogens is 5. The quantitative estimate of drug-likeness (QED) is 0.476. The SMILES string of the molecule is COCc1nnc(NC(=O)c2cnn(-c3ccc(Br)cc3)c2-n2cccc2)s1. The third-order valence-corrected chi connectivity index (χ3v) is 5.20. The minimum absolute atomic E-state index is 0.313. The first-order valence-electron chi connectivity index (χ1n) is 8.25. The van der Waals surface area contributed by atoms with Crippen LogP contribution in [0.3, 0.4) is 0 Å². The molecular formula is C18H15BrN6O2S. The van der Waals surface area contributed by atoms with Crippen LogP contribution in [0.15, 0.2) is 59.5 Å². The molecule has 0 saturated carbocycles. The molecule has 4 rings (SSSR count). The summed E-state index contributed by atoms with van der Waals surface area (Å²) in [5.41, 5.74) is 1.26. The van der Waals surface area contributed by atoms with Gasteiger partial charge < -0.3 is 9.30 Å². The second-order valence-electron chi connectivity index (χ2n) is 5.75. The molecule has 0 atom stereocenters. The van der Waals surface area contributed by atoms with Crippen molar-refractivity contribution in [3.63, 3.8) is 0 Å². The summed E-state index contributed by atoms with van der Waals surface area (Å²) in [7, 11) is 1.58. The van der Waals surface area contributed by atoms with Gasteiger partial charge in [-0.1, -0.05) is 27.3 Å². The highest BCUT2D eigenvalue weighted by Crippen LogP contribution is 2.23. The fraction of sp³-hybridized carbons (Fsp3) is 0.111. The number of methoxy groups -OCH3 is 1. The van der Waals surface area contributed by atoms with Crippen molar-refractivity contribution in [2.24, 2.45) is 0 Å². The lowest BCUT2D eigenvalue weighted by Gasteiger charge is -2.10. The van der Waals surface area contributed by atoms with Crippen molar-refractivity contribution in [1.82, 2.24) is 24.5 Å². The van der Waals surface area contributed by atoms with Gasteiger partial charge in [0.2, 0.25) is 5.13 Å². The van der Waals surface area contributed by atoms with Gasteiger partial charge in [-0.15, -0.1) is 10.2 Å². The number of amides is 1. The highest BCUT2D eigenvalue weighted by Gasteiger charge is 2.21. The fourth-order valence-electron chi connectivity index (χ4n) is 2.65. The zero-order valence-corrected chi connectivity index (χ0v) is 17.1. The number of carbonyl (C=O) groups is 1. The van der Waals surface area contributed by atoms with Gasteiger partial charge in [0.05, 0.1) is 11.9 Å². The molecule has 0 unspecified atom stereocenters. The Bertz CT molecular complexity index is 1090. The van der Waals surface area contributed by atoms with Gasteiger partial charge in [-0.05, 0) is 36.4 Å². The number of anilines is 1. The van der Waals surface area contributed by atoms with Crippen molar-refractivity contribution in [3.05, 3.63) is 70.0 Å². The molecule has 28 heavy (non-hydrogen) atoms. The summed E-state index contributed by atoms with van der Waals surface area (Å²) in [5, 5.41) is 16.3. The number of halogens is 1. The molecule has 0 spiro atoms. The Morgan fingerprint density at radius 3 is 2.68 bits per heavy atom. The van der Waals surface area contributed by atoms with Gasteiger partial charge in [0.1, 0.15) is 17.2 Å². The zero-order valence-electron chi connectivity index (χ0n) is 14.7. The molecule has 8 nitrogen and oxygen atoms in total. The summed E-state index contributed by atoms with van der Waals surface area (Å²) in [6.45, 7) is 0.351. The van der Waals surface area contributed by atoms with Crippen LogP contribution in [0.1, 0.15) is 15.4 Å². The van der Waals surface area contributed by atoms with Gasteiger partial charge in [0.25, 0.3) is 5.91 Å². The van der Waals surface area contributed by atoms with Gasteiger partial charge in [0.15, 0.2) is 5.82 Å². The molecule has 0 bridgehead atoms. The Hall–Kier alpha value is -2.82. The van der Waals surface area contributed by atoms with Crippen molar-refractivity contribution in [2.75, 3.05) is 12.4 Å². The van der Waals surface area contributed by atoms with Gasteiger partial charge in [-0.25, -0.2) is 4.68 Å². The molecule has 0 radical (unpaired) electrons. The summed E-state index contributed by atoms with van der Waals surface area (Å²) in [4.78, 5) is 12.9. The van der Waals surface area contributed by atoms with E-state index in [-0.39, 0.29) is 5.91 Å². The molecule has 0 saturated heterocycles. The molecule has 0 aliphatic heterocycles. The average molecular weight is 459 g/mol. The van der Waals surface area contributed by atoms with Crippen molar-refractivity contribution >= 4 is 38.3 Å². The molecule has 3 aromatic heterocycles. The largest absolute Gasteiger partial charge is 0.377 e. The van der Waals surface area contributed by atoms with Crippen LogP contribution >= 0.6 is 27.3 Å². The van der Waals surface area contributed by atoms with E-state index in [1.807, 2.05) is 53.4 Å². The Morgan fingerprint density at radius 2 is 1.96 bits per heavy atom. The Morgan fingerprint density at radius 1 is 1.21 bits per heavy atom. The van der Waals surface area contributed by atoms with Crippen molar-refractivity contribution in [2.45, 2.75) is 6.61 Å². The summed E-state index contributed by atoms with van der Waals surface area (Å²) in [5.74, 6) is 0.318. The smallest absolute Gasteiger partial charge is 0.262 e. The van der Waals surface area contributed by atoms with E-state index in [1.54, 1.807) is 18.0 Å². The number of hydrogen-bond donors (Lipinski definition) is 1. The van der Waals surface area contributed by atoms with Crippen molar-refractivity contribution in [3.8, 4) is 11.5 Å². The lowest BCUT2D eigenvalue weighted by Crippen LogP contribution is -2.15. The van der Waals surface area contributed by atoms with Crippen LogP contribution in [0.4, 0.5) is 5.13 Å². The highest BCUT2D eigenvalue weighted by atomic mass is 79.9. The minimum atomic E-state index is -0.313. The molecule has 0 fully saturated rings. The predicted octanol–water partition coefficient (Wildman–Crippen LogP) is 3.68. The molecule has 1 N–H and O–H groups in total. The normalized spacial score (nSPS) is 10.9. The van der Waals surface area contributed by atoms with Gasteiger partial charge in [-0.2, -0.15) is 5.10 Å². The Labute approximate surface area is 172 Å². The zero-order chi connectivity index (χ0) is 19.5. The minimum Gasteiger partial charge on any atom is -0.377 e. The summed E-state index contributed by atoms with van der Waals surface area (Å²) in [6.07, 6.45) is 5.28. The van der Waals surface area contributed by atoms with Crippen molar-refractivity contribution in [1.29, 1.82) is 0 Å². The van der Waals surface area contributed by atoms with Crippen LogP contribution < -0.4 is 5.32 Å². The molecule has 0 aliphatic carbocycles. The van der Waals surface area contributed by atoms with E-state index in [0.717, 1.165) is 10.2 Å². The second-order valence-corrected chi connectivity index (χ2v) is 7.73. The van der Waals surface area contributed by atoms with E-state index in [2.05, 4.69) is 36.5 Å². The molecule has 1 amide bonds. The average Bonchev–Trinajstić information content (AvgIpc) is 3.43. The van der Waals surface area contributed by atoms with Crippen LogP contribution in [0.2, 0.25) is 0 Å². The lowest BCUT2D eigenvalue weighted by molar-refractivity contribution is 0.102. The van der Waals surface area contributed by atoms with Crippen LogP contribution in [0.25, 0.3) is 11.5 Å². The van der Waals surface area contributed by atoms with E-state index >= 15 is 0 Å². The first kappa shape index (κ1) is 18.5. The fourth-order valence-corrected chi connectivity index (χ4v) is 3.62. The summed E-state index contributed by atoms with van der Waals surface area (Å²) >= 11 is 4.70. The summed E-state index contributed by atoms with van der Waals surface area (Å²) < 4.78 is 9.57. The van der Waals surface area contributed by atoms with Crippen molar-refractivity contribution < 1.29 is 9.53 Å². The Kier molecular flexibility index (Phi) is 5.33. The lowest BCUT2D eigenvalue weighted by atomic mass is 10.3. The first-order chi connectivity index (χ1) is 13.7. The van der Waals surface area contributed by atoms with E-state index in [4.69, 9.17) is 4.74 Å². The maximum atomic E-state index is 12.9. The number of rotatable bonds is 6. The molecule has 0 aliphatic rings. The third-order valence-electron chi connectivity index (χ3n) is 3.86. The standard InChI is InChI=1S/C18H15BrN6O2S/c1-27-11-15-22-23-18(28-15)21-16(26)14-10-20-25(13-6-4-12(19)5-7-13)17(14)24-8-2-3-9-24/h2-10H,11H2,1H3,(H,21,23,26). The van der Waals surface area contributed by atoms with E-state index in [9.17, 15) is 4.79 Å². The van der Waals surface area contributed by atoms with Gasteiger partial charge >= 0.3 is 0 Å². The van der Waals surface area contributed by atoms with Gasteiger partial charge in [-0.3, -0.25) is 10.1 Å². The number of hydrogen-bond acceptors (Lipinski definition) is 6. The predicted molar refractivity (Wildman–Crippen MR) is 109 cm³/mol. The molecule has 10 heteroatoms. The number of ether oxygens (including phenoxy) is 1. The van der Waals surface area contributed by atoms with Crippen LogP contribution in [0.5, 0.6) is 0 Å². The number of benzene rings is 1. The molecule has 3 heterocycles. The Balaban J connectivity index is 1.70. The summed E-state index contributed by atoms with van der Waals surface area (Å²) in [6, 6.07) is 11.5. The van der Waals surface area contributed by atoms with Crippen LogP contribution in [-0.2, 0) is 11.3 Å². The van der Waals surface area contributed by atoms with E-state index in [0.29, 0.717) is 28.1 Å². The topological polar surface area (TPSA) is 86.9 Å². The van der Waals surface area contributed by atoms with Gasteiger partial charge in [0, 0.05) is 24.0 Å². The number of nitrogens with one attached hydrogen (secondary N) is 1. The van der Waals surface area contributed by atoms with E-state index in [1.165, 1.54) is 11.3 Å². The first-order valence-corrected chi connectivity index (χ1v) is 9.86. The van der Waals surface area contributed by atoms with Crippen LogP contribution in [0, 0.1) is 0 Å². The maximum absolute atomic E-state index is 12.9. The number of nitrogens with zero attached hydrogens (tertiary/aromatic N) is 5. The maximum Gasteiger partial charge on any atom is 0.262 e. The molecule has 142 valence electrons. The molecule has 1 aromatic carbocycles.